The second-order valence-electron chi connectivity index (χ2n) is 8.26. The van der Waals surface area contributed by atoms with Crippen molar-refractivity contribution in [2.75, 3.05) is 11.5 Å². The maximum Gasteiger partial charge on any atom is 0.304 e. The van der Waals surface area contributed by atoms with Gasteiger partial charge in [0.05, 0.1) is 19.6 Å². The Morgan fingerprint density at radius 2 is 1.97 bits per heavy atom. The van der Waals surface area contributed by atoms with Gasteiger partial charge >= 0.3 is 5.97 Å². The summed E-state index contributed by atoms with van der Waals surface area (Å²) >= 11 is 0. The highest BCUT2D eigenvalue weighted by molar-refractivity contribution is 6.10. The van der Waals surface area contributed by atoms with Crippen LogP contribution in [0, 0.1) is 6.92 Å². The van der Waals surface area contributed by atoms with Crippen molar-refractivity contribution in [1.29, 1.82) is 0 Å². The second-order valence-corrected chi connectivity index (χ2v) is 8.26. The average molecular weight is 429 g/mol. The summed E-state index contributed by atoms with van der Waals surface area (Å²) in [7, 11) is 0. The molecular formula is C26H23NO5. The number of carboxylic acid groups (broad SMARTS) is 1. The monoisotopic (exact) mass is 429 g/mol. The highest BCUT2D eigenvalue weighted by atomic mass is 16.5. The Morgan fingerprint density at radius 1 is 1.16 bits per heavy atom. The van der Waals surface area contributed by atoms with Gasteiger partial charge in [-0.05, 0) is 42.3 Å². The van der Waals surface area contributed by atoms with Gasteiger partial charge in [0.2, 0.25) is 0 Å². The van der Waals surface area contributed by atoms with E-state index in [1.165, 1.54) is 0 Å². The minimum Gasteiger partial charge on any atom is -0.492 e. The summed E-state index contributed by atoms with van der Waals surface area (Å²) in [6.07, 6.45) is 0.0505. The summed E-state index contributed by atoms with van der Waals surface area (Å²) in [6.45, 7) is 3.24. The lowest BCUT2D eigenvalue weighted by Gasteiger charge is -2.16. The fourth-order valence-corrected chi connectivity index (χ4v) is 4.35. The molecule has 0 saturated carbocycles. The number of ether oxygens (including phenoxy) is 2. The lowest BCUT2D eigenvalue weighted by atomic mass is 9.98. The molecule has 1 atom stereocenters. The van der Waals surface area contributed by atoms with Gasteiger partial charge in [-0.3, -0.25) is 9.59 Å². The molecule has 1 amide bonds. The van der Waals surface area contributed by atoms with E-state index in [0.29, 0.717) is 36.8 Å². The summed E-state index contributed by atoms with van der Waals surface area (Å²) in [5.41, 5.74) is 5.60. The Labute approximate surface area is 186 Å². The standard InChI is InChI=1S/C26H23NO5/c1-16-5-7-19(8-6-16)27-13-23-17(3-2-4-22(23)26(27)30)14-31-20-9-10-21-18(11-25(28)29)15-32-24(21)12-20/h2-10,12,18H,11,13-15H2,1H3,(H,28,29). The smallest absolute Gasteiger partial charge is 0.304 e. The summed E-state index contributed by atoms with van der Waals surface area (Å²) in [4.78, 5) is 25.8. The second kappa shape index (κ2) is 8.04. The summed E-state index contributed by atoms with van der Waals surface area (Å²) in [5, 5.41) is 9.06. The number of nitrogens with zero attached hydrogens (tertiary/aromatic N) is 1. The minimum atomic E-state index is -0.834. The predicted octanol–water partition coefficient (Wildman–Crippen LogP) is 4.69. The molecule has 1 N–H and O–H groups in total. The Morgan fingerprint density at radius 3 is 2.75 bits per heavy atom. The molecule has 0 fully saturated rings. The molecule has 2 heterocycles. The molecule has 0 aliphatic carbocycles. The molecule has 3 aromatic rings. The van der Waals surface area contributed by atoms with Crippen LogP contribution in [0.25, 0.3) is 0 Å². The van der Waals surface area contributed by atoms with Crippen molar-refractivity contribution >= 4 is 17.6 Å². The number of carbonyl (C=O) groups is 2. The first-order valence-corrected chi connectivity index (χ1v) is 10.6. The molecule has 1 unspecified atom stereocenters. The van der Waals surface area contributed by atoms with Crippen LogP contribution in [0.3, 0.4) is 0 Å². The molecular weight excluding hydrogens is 406 g/mol. The van der Waals surface area contributed by atoms with Crippen LogP contribution in [0.2, 0.25) is 0 Å². The van der Waals surface area contributed by atoms with Crippen LogP contribution in [0.15, 0.2) is 60.7 Å². The van der Waals surface area contributed by atoms with Crippen LogP contribution in [0.5, 0.6) is 11.5 Å². The molecule has 0 radical (unpaired) electrons. The Bertz CT molecular complexity index is 1200. The lowest BCUT2D eigenvalue weighted by molar-refractivity contribution is -0.137. The van der Waals surface area contributed by atoms with E-state index in [2.05, 4.69) is 0 Å². The minimum absolute atomic E-state index is 0.00102. The van der Waals surface area contributed by atoms with Gasteiger partial charge in [-0.2, -0.15) is 0 Å². The largest absolute Gasteiger partial charge is 0.492 e. The molecule has 6 nitrogen and oxygen atoms in total. The quantitative estimate of drug-likeness (QED) is 0.616. The van der Waals surface area contributed by atoms with Crippen LogP contribution in [0.1, 0.15) is 45.0 Å². The van der Waals surface area contributed by atoms with E-state index in [0.717, 1.165) is 27.9 Å². The number of fused-ring (bicyclic) bond motifs is 2. The summed E-state index contributed by atoms with van der Waals surface area (Å²) < 4.78 is 11.7. The molecule has 5 rings (SSSR count). The Kier molecular flexibility index (Phi) is 5.05. The molecule has 6 heteroatoms. The van der Waals surface area contributed by atoms with E-state index >= 15 is 0 Å². The van der Waals surface area contributed by atoms with Crippen LogP contribution in [-0.2, 0) is 17.9 Å². The first-order valence-electron chi connectivity index (χ1n) is 10.6. The fraction of sp³-hybridized carbons (Fsp3) is 0.231. The van der Waals surface area contributed by atoms with E-state index in [4.69, 9.17) is 14.6 Å². The van der Waals surface area contributed by atoms with Gasteiger partial charge in [0.25, 0.3) is 5.91 Å². The summed E-state index contributed by atoms with van der Waals surface area (Å²) in [6, 6.07) is 19.2. The molecule has 0 spiro atoms. The zero-order valence-corrected chi connectivity index (χ0v) is 17.7. The molecule has 32 heavy (non-hydrogen) atoms. The molecule has 162 valence electrons. The van der Waals surface area contributed by atoms with Crippen LogP contribution in [0.4, 0.5) is 5.69 Å². The number of anilines is 1. The third kappa shape index (κ3) is 3.68. The third-order valence-corrected chi connectivity index (χ3v) is 6.09. The molecule has 2 aliphatic rings. The van der Waals surface area contributed by atoms with Gasteiger partial charge in [0.15, 0.2) is 0 Å². The zero-order valence-electron chi connectivity index (χ0n) is 17.7. The molecule has 0 saturated heterocycles. The van der Waals surface area contributed by atoms with Crippen molar-refractivity contribution in [3.05, 3.63) is 88.5 Å². The number of rotatable bonds is 6. The number of benzene rings is 3. The van der Waals surface area contributed by atoms with Crippen molar-refractivity contribution in [1.82, 2.24) is 0 Å². The number of carbonyl (C=O) groups excluding carboxylic acids is 1. The highest BCUT2D eigenvalue weighted by Crippen LogP contribution is 2.38. The predicted molar refractivity (Wildman–Crippen MR) is 119 cm³/mol. The SMILES string of the molecule is Cc1ccc(N2Cc3c(COc4ccc5c(c4)OCC5CC(=O)O)cccc3C2=O)cc1. The molecule has 0 bridgehead atoms. The van der Waals surface area contributed by atoms with Crippen LogP contribution < -0.4 is 14.4 Å². The van der Waals surface area contributed by atoms with E-state index in [1.54, 1.807) is 4.90 Å². The highest BCUT2D eigenvalue weighted by Gasteiger charge is 2.30. The van der Waals surface area contributed by atoms with Gasteiger partial charge in [-0.1, -0.05) is 35.9 Å². The fourth-order valence-electron chi connectivity index (χ4n) is 4.35. The maximum absolute atomic E-state index is 13.0. The number of aliphatic carboxylic acids is 1. The maximum atomic E-state index is 13.0. The van der Waals surface area contributed by atoms with E-state index in [9.17, 15) is 9.59 Å². The topological polar surface area (TPSA) is 76.1 Å². The van der Waals surface area contributed by atoms with Crippen molar-refractivity contribution < 1.29 is 24.2 Å². The number of amides is 1. The summed E-state index contributed by atoms with van der Waals surface area (Å²) in [5.74, 6) is 0.359. The average Bonchev–Trinajstić information content (AvgIpc) is 3.33. The normalized spacial score (nSPS) is 16.5. The van der Waals surface area contributed by atoms with E-state index in [-0.39, 0.29) is 18.2 Å². The molecule has 2 aliphatic heterocycles. The van der Waals surface area contributed by atoms with Gasteiger partial charge < -0.3 is 19.5 Å². The van der Waals surface area contributed by atoms with Gasteiger partial charge in [0, 0.05) is 28.8 Å². The first-order chi connectivity index (χ1) is 15.5. The van der Waals surface area contributed by atoms with Crippen LogP contribution >= 0.6 is 0 Å². The van der Waals surface area contributed by atoms with Crippen molar-refractivity contribution in [2.45, 2.75) is 32.4 Å². The number of aryl methyl sites for hydroxylation is 1. The van der Waals surface area contributed by atoms with E-state index in [1.807, 2.05) is 67.6 Å². The molecule has 3 aromatic carbocycles. The van der Waals surface area contributed by atoms with Crippen molar-refractivity contribution in [2.24, 2.45) is 0 Å². The van der Waals surface area contributed by atoms with Crippen molar-refractivity contribution in [3.8, 4) is 11.5 Å². The van der Waals surface area contributed by atoms with E-state index < -0.39 is 5.97 Å². The van der Waals surface area contributed by atoms with Gasteiger partial charge in [-0.15, -0.1) is 0 Å². The number of hydrogen-bond donors (Lipinski definition) is 1. The van der Waals surface area contributed by atoms with Crippen molar-refractivity contribution in [3.63, 3.8) is 0 Å². The van der Waals surface area contributed by atoms with Crippen LogP contribution in [-0.4, -0.2) is 23.6 Å². The zero-order chi connectivity index (χ0) is 22.2. The lowest BCUT2D eigenvalue weighted by Crippen LogP contribution is -2.22. The van der Waals surface area contributed by atoms with Gasteiger partial charge in [-0.25, -0.2) is 0 Å². The first kappa shape index (κ1) is 20.1. The molecule has 0 aromatic heterocycles. The number of hydrogen-bond acceptors (Lipinski definition) is 4. The third-order valence-electron chi connectivity index (χ3n) is 6.09. The number of carboxylic acids is 1. The Balaban J connectivity index is 1.32. The Hall–Kier alpha value is -3.80. The van der Waals surface area contributed by atoms with Gasteiger partial charge in [0.1, 0.15) is 18.1 Å².